The quantitative estimate of drug-likeness (QED) is 0.368. The fraction of sp³-hybridized carbons (Fsp3) is 0.231. The summed E-state index contributed by atoms with van der Waals surface area (Å²) in [5.74, 6) is -1.02. The van der Waals surface area contributed by atoms with E-state index in [1.807, 2.05) is 0 Å². The maximum atomic E-state index is 11.6. The van der Waals surface area contributed by atoms with Crippen molar-refractivity contribution in [2.45, 2.75) is 13.8 Å². The van der Waals surface area contributed by atoms with Crippen LogP contribution in [0.4, 0.5) is 0 Å². The Morgan fingerprint density at radius 1 is 1.22 bits per heavy atom. The molecule has 0 spiro atoms. The number of ether oxygens (including phenoxy) is 1. The highest BCUT2D eigenvalue weighted by Gasteiger charge is 2.15. The zero-order chi connectivity index (χ0) is 13.7. The molecule has 0 radical (unpaired) electrons. The van der Waals surface area contributed by atoms with Gasteiger partial charge in [-0.3, -0.25) is 4.79 Å². The molecular weight excluding hydrogens is 275 g/mol. The van der Waals surface area contributed by atoms with Crippen molar-refractivity contribution in [1.82, 2.24) is 0 Å². The second-order valence-corrected chi connectivity index (χ2v) is 4.41. The maximum Gasteiger partial charge on any atom is 0.341 e. The Kier molecular flexibility index (Phi) is 5.38. The van der Waals surface area contributed by atoms with Gasteiger partial charge in [0.2, 0.25) is 0 Å². The number of hydrogen-bond donors (Lipinski definition) is 0. The first kappa shape index (κ1) is 14.7. The monoisotopic (exact) mass is 286 g/mol. The molecular formula is C13H12Cl2O3. The molecule has 0 aromatic heterocycles. The van der Waals surface area contributed by atoms with E-state index in [1.54, 1.807) is 25.1 Å². The van der Waals surface area contributed by atoms with Crippen LogP contribution in [-0.4, -0.2) is 18.4 Å². The van der Waals surface area contributed by atoms with E-state index in [0.29, 0.717) is 15.6 Å². The molecule has 96 valence electrons. The summed E-state index contributed by atoms with van der Waals surface area (Å²) in [6.07, 6.45) is 1.41. The molecule has 3 nitrogen and oxygen atoms in total. The Bertz CT molecular complexity index is 487. The number of carbonyl (C=O) groups is 2. The van der Waals surface area contributed by atoms with Gasteiger partial charge >= 0.3 is 5.97 Å². The van der Waals surface area contributed by atoms with Gasteiger partial charge in [-0.15, -0.1) is 0 Å². The Morgan fingerprint density at radius 2 is 1.78 bits per heavy atom. The summed E-state index contributed by atoms with van der Waals surface area (Å²) >= 11 is 11.7. The Labute approximate surface area is 115 Å². The zero-order valence-corrected chi connectivity index (χ0v) is 11.5. The van der Waals surface area contributed by atoms with E-state index in [0.717, 1.165) is 0 Å². The van der Waals surface area contributed by atoms with E-state index in [2.05, 4.69) is 0 Å². The minimum absolute atomic E-state index is 0.0322. The molecule has 18 heavy (non-hydrogen) atoms. The number of hydrogen-bond acceptors (Lipinski definition) is 3. The summed E-state index contributed by atoms with van der Waals surface area (Å²) in [4.78, 5) is 23.0. The number of ketones is 1. The van der Waals surface area contributed by atoms with Gasteiger partial charge < -0.3 is 4.74 Å². The van der Waals surface area contributed by atoms with Gasteiger partial charge in [0, 0.05) is 10.0 Å². The summed E-state index contributed by atoms with van der Waals surface area (Å²) in [5, 5.41) is 0.862. The van der Waals surface area contributed by atoms with E-state index in [4.69, 9.17) is 27.9 Å². The van der Waals surface area contributed by atoms with Crippen LogP contribution >= 0.6 is 23.2 Å². The van der Waals surface area contributed by atoms with E-state index >= 15 is 0 Å². The van der Waals surface area contributed by atoms with Crippen LogP contribution in [0, 0.1) is 0 Å². The van der Waals surface area contributed by atoms with Crippen LogP contribution in [0.1, 0.15) is 19.4 Å². The fourth-order valence-electron chi connectivity index (χ4n) is 1.34. The first-order valence-electron chi connectivity index (χ1n) is 5.30. The van der Waals surface area contributed by atoms with Crippen LogP contribution in [-0.2, 0) is 14.3 Å². The third-order valence-corrected chi connectivity index (χ3v) is 2.51. The Hall–Kier alpha value is -1.32. The van der Waals surface area contributed by atoms with Crippen molar-refractivity contribution in [1.29, 1.82) is 0 Å². The molecule has 0 aliphatic heterocycles. The molecule has 0 N–H and O–H groups in total. The molecule has 1 aromatic carbocycles. The van der Waals surface area contributed by atoms with Crippen molar-refractivity contribution in [3.8, 4) is 0 Å². The highest BCUT2D eigenvalue weighted by Crippen LogP contribution is 2.21. The Morgan fingerprint density at radius 3 is 2.22 bits per heavy atom. The van der Waals surface area contributed by atoms with Crippen LogP contribution in [0.15, 0.2) is 23.8 Å². The number of esters is 1. The summed E-state index contributed by atoms with van der Waals surface area (Å²) in [6, 6.07) is 4.78. The topological polar surface area (TPSA) is 43.4 Å². The normalized spacial score (nSPS) is 11.2. The largest absolute Gasteiger partial charge is 0.462 e. The highest BCUT2D eigenvalue weighted by atomic mass is 35.5. The van der Waals surface area contributed by atoms with Gasteiger partial charge in [0.1, 0.15) is 5.57 Å². The lowest BCUT2D eigenvalue weighted by molar-refractivity contribution is -0.139. The van der Waals surface area contributed by atoms with Crippen LogP contribution < -0.4 is 0 Å². The summed E-state index contributed by atoms with van der Waals surface area (Å²) in [7, 11) is 0. The molecule has 0 amide bonds. The third kappa shape index (κ3) is 4.17. The second kappa shape index (κ2) is 6.57. The van der Waals surface area contributed by atoms with E-state index in [1.165, 1.54) is 13.0 Å². The van der Waals surface area contributed by atoms with Crippen molar-refractivity contribution >= 4 is 41.0 Å². The number of halogens is 2. The standard InChI is InChI=1S/C13H12Cl2O3/c1-3-18-13(17)12(8(2)16)6-9-4-10(14)7-11(15)5-9/h4-7H,3H2,1-2H3/b12-6+. The van der Waals surface area contributed by atoms with Crippen molar-refractivity contribution in [3.05, 3.63) is 39.4 Å². The van der Waals surface area contributed by atoms with Gasteiger partial charge in [-0.2, -0.15) is 0 Å². The first-order chi connectivity index (χ1) is 8.43. The van der Waals surface area contributed by atoms with Crippen LogP contribution in [0.25, 0.3) is 6.08 Å². The molecule has 0 aliphatic carbocycles. The lowest BCUT2D eigenvalue weighted by Crippen LogP contribution is -2.13. The number of Topliss-reactive ketones (excluding diaryl/α,β-unsaturated/α-hetero) is 1. The molecule has 0 unspecified atom stereocenters. The third-order valence-electron chi connectivity index (χ3n) is 2.07. The van der Waals surface area contributed by atoms with Crippen LogP contribution in [0.2, 0.25) is 10.0 Å². The molecule has 0 heterocycles. The summed E-state index contributed by atoms with van der Waals surface area (Å²) in [6.45, 7) is 3.18. The molecule has 0 atom stereocenters. The van der Waals surface area contributed by atoms with Crippen molar-refractivity contribution in [2.24, 2.45) is 0 Å². The molecule has 0 aliphatic rings. The molecule has 5 heteroatoms. The zero-order valence-electron chi connectivity index (χ0n) is 10.00. The van der Waals surface area contributed by atoms with Gasteiger partial charge in [-0.05, 0) is 43.7 Å². The average molecular weight is 287 g/mol. The highest BCUT2D eigenvalue weighted by molar-refractivity contribution is 6.35. The molecule has 0 bridgehead atoms. The minimum atomic E-state index is -0.652. The van der Waals surface area contributed by atoms with E-state index in [-0.39, 0.29) is 18.0 Å². The fourth-order valence-corrected chi connectivity index (χ4v) is 1.88. The number of benzene rings is 1. The van der Waals surface area contributed by atoms with Gasteiger partial charge in [0.15, 0.2) is 5.78 Å². The van der Waals surface area contributed by atoms with Gasteiger partial charge in [-0.1, -0.05) is 23.2 Å². The van der Waals surface area contributed by atoms with E-state index < -0.39 is 5.97 Å². The predicted molar refractivity (Wildman–Crippen MR) is 71.8 cm³/mol. The second-order valence-electron chi connectivity index (χ2n) is 3.54. The number of carbonyl (C=O) groups excluding carboxylic acids is 2. The maximum absolute atomic E-state index is 11.6. The van der Waals surface area contributed by atoms with Crippen LogP contribution in [0.5, 0.6) is 0 Å². The lowest BCUT2D eigenvalue weighted by Gasteiger charge is -2.04. The van der Waals surface area contributed by atoms with Crippen molar-refractivity contribution < 1.29 is 14.3 Å². The van der Waals surface area contributed by atoms with Gasteiger partial charge in [-0.25, -0.2) is 4.79 Å². The smallest absolute Gasteiger partial charge is 0.341 e. The SMILES string of the molecule is CCOC(=O)/C(=C/c1cc(Cl)cc(Cl)c1)C(C)=O. The predicted octanol–water partition coefficient (Wildman–Crippen LogP) is 3.53. The van der Waals surface area contributed by atoms with E-state index in [9.17, 15) is 9.59 Å². The van der Waals surface area contributed by atoms with Crippen molar-refractivity contribution in [3.63, 3.8) is 0 Å². The molecule has 1 rings (SSSR count). The average Bonchev–Trinajstić information content (AvgIpc) is 2.24. The first-order valence-corrected chi connectivity index (χ1v) is 6.05. The molecule has 1 aromatic rings. The minimum Gasteiger partial charge on any atom is -0.462 e. The molecule has 0 fully saturated rings. The van der Waals surface area contributed by atoms with Gasteiger partial charge in [0.05, 0.1) is 6.61 Å². The van der Waals surface area contributed by atoms with Crippen molar-refractivity contribution in [2.75, 3.05) is 6.61 Å². The summed E-state index contributed by atoms with van der Waals surface area (Å²) < 4.78 is 4.80. The number of rotatable bonds is 4. The summed E-state index contributed by atoms with van der Waals surface area (Å²) in [5.41, 5.74) is 0.543. The lowest BCUT2D eigenvalue weighted by atomic mass is 10.1. The Balaban J connectivity index is 3.16. The molecule has 0 saturated carbocycles. The van der Waals surface area contributed by atoms with Gasteiger partial charge in [0.25, 0.3) is 0 Å². The molecule has 0 saturated heterocycles. The van der Waals surface area contributed by atoms with Crippen LogP contribution in [0.3, 0.4) is 0 Å².